The Kier molecular flexibility index (Phi) is 10.4. The molecular formula is C20H27BrN2O6. The molecule has 1 heterocycles. The summed E-state index contributed by atoms with van der Waals surface area (Å²) in [6.07, 6.45) is 0.618. The lowest BCUT2D eigenvalue weighted by Crippen LogP contribution is -2.52. The molecule has 1 fully saturated rings. The number of rotatable bonds is 6. The second-order valence-corrected chi connectivity index (χ2v) is 8.05. The van der Waals surface area contributed by atoms with Gasteiger partial charge in [0.2, 0.25) is 5.91 Å². The van der Waals surface area contributed by atoms with Gasteiger partial charge in [-0.25, -0.2) is 9.59 Å². The van der Waals surface area contributed by atoms with Crippen molar-refractivity contribution in [3.05, 3.63) is 35.9 Å². The molecule has 0 radical (unpaired) electrons. The summed E-state index contributed by atoms with van der Waals surface area (Å²) in [5.41, 5.74) is 0.863. The molecule has 2 amide bonds. The van der Waals surface area contributed by atoms with Crippen LogP contribution in [0.3, 0.4) is 0 Å². The molecule has 1 aromatic rings. The van der Waals surface area contributed by atoms with Crippen molar-refractivity contribution >= 4 is 38.6 Å². The number of hydrogen-bond donors (Lipinski definition) is 2. The smallest absolute Gasteiger partial charge is 0.410 e. The third kappa shape index (κ3) is 8.64. The molecule has 0 aliphatic carbocycles. The zero-order chi connectivity index (χ0) is 22.0. The van der Waals surface area contributed by atoms with Crippen LogP contribution in [0.5, 0.6) is 0 Å². The van der Waals surface area contributed by atoms with Crippen LogP contribution in [0.25, 0.3) is 0 Å². The van der Waals surface area contributed by atoms with E-state index in [0.717, 1.165) is 5.56 Å². The van der Waals surface area contributed by atoms with Crippen molar-refractivity contribution in [2.45, 2.75) is 52.3 Å². The van der Waals surface area contributed by atoms with Crippen molar-refractivity contribution in [3.63, 3.8) is 0 Å². The normalized spacial score (nSPS) is 16.4. The van der Waals surface area contributed by atoms with Crippen LogP contribution in [0.4, 0.5) is 4.79 Å². The van der Waals surface area contributed by atoms with Crippen molar-refractivity contribution in [3.8, 4) is 0 Å². The van der Waals surface area contributed by atoms with Crippen molar-refractivity contribution in [1.82, 2.24) is 10.2 Å². The van der Waals surface area contributed by atoms with E-state index in [4.69, 9.17) is 4.74 Å². The highest BCUT2D eigenvalue weighted by Crippen LogP contribution is 2.19. The van der Waals surface area contributed by atoms with E-state index < -0.39 is 30.1 Å². The average molecular weight is 471 g/mol. The highest BCUT2D eigenvalue weighted by molar-refractivity contribution is 9.18. The number of carbonyl (C=O) groups is 4. The number of aliphatic carboxylic acids is 1. The number of nitrogens with one attached hydrogen (secondary N) is 1. The zero-order valence-corrected chi connectivity index (χ0v) is 18.3. The van der Waals surface area contributed by atoms with E-state index in [2.05, 4.69) is 21.2 Å². The quantitative estimate of drug-likeness (QED) is 0.617. The summed E-state index contributed by atoms with van der Waals surface area (Å²) in [7, 11) is 0. The summed E-state index contributed by atoms with van der Waals surface area (Å²) in [4.78, 5) is 46.7. The summed E-state index contributed by atoms with van der Waals surface area (Å²) in [5.74, 6) is -1.78. The average Bonchev–Trinajstić information content (AvgIpc) is 3.14. The van der Waals surface area contributed by atoms with E-state index in [1.807, 2.05) is 30.3 Å². The predicted molar refractivity (Wildman–Crippen MR) is 110 cm³/mol. The molecule has 1 aliphatic heterocycles. The third-order valence-electron chi connectivity index (χ3n) is 4.23. The molecule has 2 N–H and O–H groups in total. The van der Waals surface area contributed by atoms with Gasteiger partial charge in [0.15, 0.2) is 4.69 Å². The van der Waals surface area contributed by atoms with E-state index in [1.165, 1.54) is 11.8 Å². The summed E-state index contributed by atoms with van der Waals surface area (Å²) < 4.78 is 5.26. The van der Waals surface area contributed by atoms with Gasteiger partial charge in [-0.15, -0.1) is 0 Å². The second-order valence-electron chi connectivity index (χ2n) is 6.93. The van der Waals surface area contributed by atoms with E-state index in [1.54, 1.807) is 13.8 Å². The number of carboxylic acid groups (broad SMARTS) is 1. The molecule has 2 rings (SSSR count). The third-order valence-corrected chi connectivity index (χ3v) is 4.23. The molecule has 0 aromatic heterocycles. The Morgan fingerprint density at radius 3 is 2.34 bits per heavy atom. The van der Waals surface area contributed by atoms with Gasteiger partial charge in [0, 0.05) is 13.5 Å². The first-order chi connectivity index (χ1) is 13.6. The fourth-order valence-corrected chi connectivity index (χ4v) is 2.82. The van der Waals surface area contributed by atoms with E-state index in [9.17, 15) is 24.3 Å². The van der Waals surface area contributed by atoms with Gasteiger partial charge in [-0.1, -0.05) is 44.2 Å². The Morgan fingerprint density at radius 2 is 1.83 bits per heavy atom. The van der Waals surface area contributed by atoms with Gasteiger partial charge >= 0.3 is 12.1 Å². The number of likely N-dealkylation sites (tertiary alicyclic amines) is 1. The lowest BCUT2D eigenvalue weighted by molar-refractivity contribution is -0.143. The van der Waals surface area contributed by atoms with E-state index in [0.29, 0.717) is 19.4 Å². The van der Waals surface area contributed by atoms with Gasteiger partial charge in [-0.2, -0.15) is 0 Å². The molecule has 0 unspecified atom stereocenters. The Hall–Kier alpha value is -2.42. The number of carboxylic acids is 1. The molecule has 1 aliphatic rings. The molecule has 1 aromatic carbocycles. The maximum atomic E-state index is 12.4. The van der Waals surface area contributed by atoms with Crippen LogP contribution in [0.2, 0.25) is 0 Å². The van der Waals surface area contributed by atoms with Crippen LogP contribution in [-0.4, -0.2) is 51.3 Å². The number of carbonyl (C=O) groups excluding carboxylic acids is 3. The molecule has 1 saturated heterocycles. The maximum absolute atomic E-state index is 12.4. The molecule has 0 bridgehead atoms. The summed E-state index contributed by atoms with van der Waals surface area (Å²) in [6.45, 7) is 5.44. The van der Waals surface area contributed by atoms with Crippen LogP contribution in [0.1, 0.15) is 39.2 Å². The highest BCUT2D eigenvalue weighted by Gasteiger charge is 2.37. The molecule has 2 atom stereocenters. The van der Waals surface area contributed by atoms with Crippen molar-refractivity contribution in [1.29, 1.82) is 0 Å². The Morgan fingerprint density at radius 1 is 1.24 bits per heavy atom. The number of amides is 2. The van der Waals surface area contributed by atoms with Crippen LogP contribution < -0.4 is 5.32 Å². The van der Waals surface area contributed by atoms with Gasteiger partial charge in [-0.3, -0.25) is 14.5 Å². The Bertz CT molecular complexity index is 706. The molecular weight excluding hydrogens is 444 g/mol. The minimum absolute atomic E-state index is 0.0208. The van der Waals surface area contributed by atoms with Gasteiger partial charge < -0.3 is 15.2 Å². The molecule has 160 valence electrons. The van der Waals surface area contributed by atoms with E-state index >= 15 is 0 Å². The largest absolute Gasteiger partial charge is 0.480 e. The van der Waals surface area contributed by atoms with Gasteiger partial charge in [-0.05, 0) is 40.3 Å². The molecule has 29 heavy (non-hydrogen) atoms. The maximum Gasteiger partial charge on any atom is 0.410 e. The summed E-state index contributed by atoms with van der Waals surface area (Å²) >= 11 is 2.63. The van der Waals surface area contributed by atoms with Crippen molar-refractivity contribution < 1.29 is 29.0 Å². The fraction of sp³-hybridized carbons (Fsp3) is 0.500. The number of ether oxygens (including phenoxy) is 1. The van der Waals surface area contributed by atoms with Gasteiger partial charge in [0.25, 0.3) is 0 Å². The van der Waals surface area contributed by atoms with Gasteiger partial charge in [0.1, 0.15) is 18.7 Å². The predicted octanol–water partition coefficient (Wildman–Crippen LogP) is 2.94. The number of halogens is 1. The minimum Gasteiger partial charge on any atom is -0.480 e. The highest BCUT2D eigenvalue weighted by atomic mass is 79.9. The van der Waals surface area contributed by atoms with Crippen molar-refractivity contribution in [2.24, 2.45) is 5.92 Å². The Balaban J connectivity index is 0.000000960. The first-order valence-corrected chi connectivity index (χ1v) is 10.1. The number of benzene rings is 1. The Labute approximate surface area is 178 Å². The van der Waals surface area contributed by atoms with E-state index in [-0.39, 0.29) is 17.2 Å². The zero-order valence-electron chi connectivity index (χ0n) is 16.8. The van der Waals surface area contributed by atoms with Gasteiger partial charge in [0.05, 0.1) is 0 Å². The van der Waals surface area contributed by atoms with Crippen LogP contribution in [0.15, 0.2) is 30.3 Å². The van der Waals surface area contributed by atoms with Crippen molar-refractivity contribution in [2.75, 3.05) is 6.54 Å². The summed E-state index contributed by atoms with van der Waals surface area (Å²) in [5, 5.41) is 11.7. The minimum atomic E-state index is -1.08. The lowest BCUT2D eigenvalue weighted by Gasteiger charge is -2.26. The lowest BCUT2D eigenvalue weighted by atomic mass is 10.0. The standard InChI is InChI=1S/C18H24N2O5.C2H3BrO/c1-12(2)15(17(22)23)19-16(21)14-9-6-10-20(14)18(24)25-11-13-7-4-3-5-8-13;1-2(3)4/h3-5,7-8,12,14-15H,6,9-11H2,1-2H3,(H,19,21)(H,22,23);1H3/t14-,15-;/m0./s1. The SMILES string of the molecule is CC(=O)Br.CC(C)[C@H](NC(=O)[C@@H]1CCCN1C(=O)OCc1ccccc1)C(=O)O. The van der Waals surface area contributed by atoms with Crippen LogP contribution in [0, 0.1) is 5.92 Å². The first kappa shape index (κ1) is 24.6. The molecule has 0 saturated carbocycles. The molecule has 0 spiro atoms. The second kappa shape index (κ2) is 12.2. The number of nitrogens with zero attached hydrogens (tertiary/aromatic N) is 1. The molecule has 9 heteroatoms. The number of hydrogen-bond acceptors (Lipinski definition) is 5. The van der Waals surface area contributed by atoms with Crippen LogP contribution in [-0.2, 0) is 25.7 Å². The monoisotopic (exact) mass is 470 g/mol. The van der Waals surface area contributed by atoms with Crippen LogP contribution >= 0.6 is 15.9 Å². The first-order valence-electron chi connectivity index (χ1n) is 9.30. The molecule has 8 nitrogen and oxygen atoms in total. The summed E-state index contributed by atoms with van der Waals surface area (Å²) in [6, 6.07) is 7.61. The fourth-order valence-electron chi connectivity index (χ4n) is 2.82. The topological polar surface area (TPSA) is 113 Å².